The first-order chi connectivity index (χ1) is 14.0. The normalized spacial score (nSPS) is 20.3. The second-order valence-electron chi connectivity index (χ2n) is 6.74. The van der Waals surface area contributed by atoms with E-state index >= 15 is 0 Å². The van der Waals surface area contributed by atoms with Crippen molar-refractivity contribution in [2.75, 3.05) is 16.8 Å². The lowest BCUT2D eigenvalue weighted by Gasteiger charge is -2.20. The van der Waals surface area contributed by atoms with Gasteiger partial charge in [-0.05, 0) is 42.3 Å². The van der Waals surface area contributed by atoms with Gasteiger partial charge in [0, 0.05) is 5.69 Å². The van der Waals surface area contributed by atoms with Gasteiger partial charge in [-0.2, -0.15) is 5.11 Å². The number of nitrogens with one attached hydrogen (secondary N) is 1. The minimum Gasteiger partial charge on any atom is -0.324 e. The number of para-hydroxylation sites is 1. The molecule has 0 aliphatic carbocycles. The van der Waals surface area contributed by atoms with Gasteiger partial charge in [0.05, 0.1) is 5.69 Å². The van der Waals surface area contributed by atoms with Crippen LogP contribution in [0.1, 0.15) is 12.5 Å². The van der Waals surface area contributed by atoms with E-state index in [1.165, 1.54) is 29.3 Å². The summed E-state index contributed by atoms with van der Waals surface area (Å²) in [6.45, 7) is 1.76. The van der Waals surface area contributed by atoms with E-state index in [0.717, 1.165) is 16.9 Å². The number of benzene rings is 2. The molecule has 1 fully saturated rings. The predicted molar refractivity (Wildman–Crippen MR) is 102 cm³/mol. The minimum absolute atomic E-state index is 0.223. The Morgan fingerprint density at radius 1 is 1.10 bits per heavy atom. The zero-order valence-corrected chi connectivity index (χ0v) is 15.6. The molecule has 2 aromatic carbocycles. The quantitative estimate of drug-likeness (QED) is 0.786. The van der Waals surface area contributed by atoms with E-state index in [0.29, 0.717) is 5.69 Å². The monoisotopic (exact) mass is 395 g/mol. The molecule has 2 heterocycles. The van der Waals surface area contributed by atoms with Crippen LogP contribution in [0.4, 0.5) is 15.8 Å². The minimum atomic E-state index is -1.01. The number of fused-ring (bicyclic) bond motifs is 1. The van der Waals surface area contributed by atoms with Gasteiger partial charge < -0.3 is 5.32 Å². The van der Waals surface area contributed by atoms with Crippen molar-refractivity contribution in [1.29, 1.82) is 0 Å². The third-order valence-corrected chi connectivity index (χ3v) is 4.92. The molecule has 8 nitrogen and oxygen atoms in total. The van der Waals surface area contributed by atoms with Gasteiger partial charge in [0.25, 0.3) is 11.8 Å². The third-order valence-electron chi connectivity index (χ3n) is 4.92. The Morgan fingerprint density at radius 2 is 1.83 bits per heavy atom. The molecule has 3 amide bonds. The number of amides is 3. The summed E-state index contributed by atoms with van der Waals surface area (Å²) in [6, 6.07) is 10.5. The second-order valence-corrected chi connectivity index (χ2v) is 6.74. The molecular weight excluding hydrogens is 377 g/mol. The molecule has 9 heteroatoms. The predicted octanol–water partition coefficient (Wildman–Crippen LogP) is 2.32. The van der Waals surface area contributed by atoms with Gasteiger partial charge in [0.1, 0.15) is 12.4 Å². The maximum absolute atomic E-state index is 13.2. The molecule has 0 spiro atoms. The summed E-state index contributed by atoms with van der Waals surface area (Å²) in [5, 5.41) is 11.8. The molecule has 2 unspecified atom stereocenters. The molecule has 2 aromatic rings. The van der Waals surface area contributed by atoms with Gasteiger partial charge >= 0.3 is 0 Å². The number of carbonyl (C=O) groups excluding carboxylic acids is 3. The molecule has 0 aromatic heterocycles. The highest BCUT2D eigenvalue weighted by atomic mass is 19.1. The molecule has 2 aliphatic rings. The molecule has 0 radical (unpaired) electrons. The molecular formula is C20H18FN5O3. The van der Waals surface area contributed by atoms with Gasteiger partial charge in [-0.15, -0.1) is 0 Å². The molecule has 2 atom stereocenters. The van der Waals surface area contributed by atoms with Gasteiger partial charge in [-0.3, -0.25) is 19.4 Å². The fraction of sp³-hybridized carbons (Fsp3) is 0.250. The summed E-state index contributed by atoms with van der Waals surface area (Å²) in [4.78, 5) is 38.9. The standard InChI is InChI=1S/C20H18FN5O3/c1-2-12-5-3-4-6-15(12)22-16(27)11-25-18-17(23-24-25)19(28)26(20(18)29)14-9-7-13(21)8-10-14/h3-10,17-18H,2,11H2,1H3,(H,22,27). The van der Waals surface area contributed by atoms with Crippen molar-refractivity contribution in [3.63, 3.8) is 0 Å². The number of rotatable bonds is 5. The Kier molecular flexibility index (Phi) is 4.79. The van der Waals surface area contributed by atoms with Crippen molar-refractivity contribution in [2.45, 2.75) is 25.4 Å². The van der Waals surface area contributed by atoms with E-state index in [2.05, 4.69) is 15.7 Å². The molecule has 29 heavy (non-hydrogen) atoms. The number of aryl methyl sites for hydroxylation is 1. The Morgan fingerprint density at radius 3 is 2.55 bits per heavy atom. The van der Waals surface area contributed by atoms with Crippen molar-refractivity contribution >= 4 is 29.1 Å². The van der Waals surface area contributed by atoms with Crippen LogP contribution in [0.25, 0.3) is 0 Å². The van der Waals surface area contributed by atoms with Crippen LogP contribution >= 0.6 is 0 Å². The molecule has 1 saturated heterocycles. The van der Waals surface area contributed by atoms with Gasteiger partial charge in [-0.25, -0.2) is 9.29 Å². The SMILES string of the molecule is CCc1ccccc1NC(=O)CN1N=NC2C(=O)N(c3ccc(F)cc3)C(=O)C21. The number of carbonyl (C=O) groups is 3. The molecule has 148 valence electrons. The maximum atomic E-state index is 13.2. The van der Waals surface area contributed by atoms with Crippen molar-refractivity contribution < 1.29 is 18.8 Å². The lowest BCUT2D eigenvalue weighted by atomic mass is 10.1. The molecule has 0 saturated carbocycles. The summed E-state index contributed by atoms with van der Waals surface area (Å²) in [7, 11) is 0. The van der Waals surface area contributed by atoms with Crippen LogP contribution < -0.4 is 10.2 Å². The fourth-order valence-corrected chi connectivity index (χ4v) is 3.49. The first-order valence-corrected chi connectivity index (χ1v) is 9.18. The zero-order valence-electron chi connectivity index (χ0n) is 15.6. The van der Waals surface area contributed by atoms with Crippen molar-refractivity contribution in [3.8, 4) is 0 Å². The lowest BCUT2D eigenvalue weighted by molar-refractivity contribution is -0.123. The van der Waals surface area contributed by atoms with Crippen LogP contribution in [0.15, 0.2) is 58.9 Å². The number of anilines is 2. The largest absolute Gasteiger partial charge is 0.324 e. The van der Waals surface area contributed by atoms with E-state index in [4.69, 9.17) is 0 Å². The second kappa shape index (κ2) is 7.42. The summed E-state index contributed by atoms with van der Waals surface area (Å²) >= 11 is 0. The first kappa shape index (κ1) is 18.7. The van der Waals surface area contributed by atoms with Crippen LogP contribution in [0, 0.1) is 5.82 Å². The van der Waals surface area contributed by atoms with E-state index in [1.807, 2.05) is 25.1 Å². The van der Waals surface area contributed by atoms with E-state index < -0.39 is 29.7 Å². The smallest absolute Gasteiger partial charge is 0.263 e. The van der Waals surface area contributed by atoms with Crippen molar-refractivity contribution in [1.82, 2.24) is 5.01 Å². The van der Waals surface area contributed by atoms with Gasteiger partial charge in [0.15, 0.2) is 12.1 Å². The average molecular weight is 395 g/mol. The number of hydrogen-bond donors (Lipinski definition) is 1. The highest BCUT2D eigenvalue weighted by Gasteiger charge is 2.55. The molecule has 0 bridgehead atoms. The summed E-state index contributed by atoms with van der Waals surface area (Å²) in [5.74, 6) is -1.93. The van der Waals surface area contributed by atoms with Crippen LogP contribution in [0.3, 0.4) is 0 Å². The van der Waals surface area contributed by atoms with E-state index in [9.17, 15) is 18.8 Å². The number of nitrogens with zero attached hydrogens (tertiary/aromatic N) is 4. The highest BCUT2D eigenvalue weighted by molar-refractivity contribution is 6.25. The van der Waals surface area contributed by atoms with Crippen LogP contribution in [-0.4, -0.2) is 41.4 Å². The average Bonchev–Trinajstić information content (AvgIpc) is 3.23. The van der Waals surface area contributed by atoms with E-state index in [-0.39, 0.29) is 18.1 Å². The Bertz CT molecular complexity index is 1010. The maximum Gasteiger partial charge on any atom is 0.263 e. The van der Waals surface area contributed by atoms with Crippen molar-refractivity contribution in [3.05, 3.63) is 59.9 Å². The van der Waals surface area contributed by atoms with Crippen molar-refractivity contribution in [2.24, 2.45) is 10.3 Å². The number of imide groups is 1. The highest BCUT2D eigenvalue weighted by Crippen LogP contribution is 2.31. The first-order valence-electron chi connectivity index (χ1n) is 9.18. The lowest BCUT2D eigenvalue weighted by Crippen LogP contribution is -2.43. The summed E-state index contributed by atoms with van der Waals surface area (Å²) in [6.07, 6.45) is 0.754. The van der Waals surface area contributed by atoms with Gasteiger partial charge in [0.2, 0.25) is 5.91 Å². The Hall–Kier alpha value is -3.62. The molecule has 2 aliphatic heterocycles. The number of halogens is 1. The Balaban J connectivity index is 1.49. The topological polar surface area (TPSA) is 94.4 Å². The van der Waals surface area contributed by atoms with E-state index in [1.54, 1.807) is 6.07 Å². The summed E-state index contributed by atoms with van der Waals surface area (Å²) in [5.41, 5.74) is 1.93. The zero-order chi connectivity index (χ0) is 20.5. The van der Waals surface area contributed by atoms with Crippen LogP contribution in [0.2, 0.25) is 0 Å². The number of hydrogen-bond acceptors (Lipinski definition) is 6. The molecule has 1 N–H and O–H groups in total. The van der Waals surface area contributed by atoms with Crippen LogP contribution in [-0.2, 0) is 20.8 Å². The van der Waals surface area contributed by atoms with Gasteiger partial charge in [-0.1, -0.05) is 30.3 Å². The summed E-state index contributed by atoms with van der Waals surface area (Å²) < 4.78 is 13.2. The fourth-order valence-electron chi connectivity index (χ4n) is 3.49. The Labute approximate surface area is 166 Å². The van der Waals surface area contributed by atoms with Crippen LogP contribution in [0.5, 0.6) is 0 Å². The molecule has 4 rings (SSSR count). The third kappa shape index (κ3) is 3.35.